The summed E-state index contributed by atoms with van der Waals surface area (Å²) in [7, 11) is 4.39. The Kier molecular flexibility index (Phi) is 5.90. The molecule has 1 N–H and O–H groups in total. The molecule has 1 aliphatic heterocycles. The molecule has 1 fully saturated rings. The smallest absolute Gasteiger partial charge is 0.0494 e. The van der Waals surface area contributed by atoms with Crippen LogP contribution in [0.3, 0.4) is 0 Å². The van der Waals surface area contributed by atoms with Crippen molar-refractivity contribution in [3.05, 3.63) is 0 Å². The summed E-state index contributed by atoms with van der Waals surface area (Å²) in [6, 6.07) is 0. The first-order valence-electron chi connectivity index (χ1n) is 6.91. The van der Waals surface area contributed by atoms with E-state index < -0.39 is 0 Å². The molecule has 0 aromatic rings. The molecule has 1 aliphatic rings. The molecular formula is C14H30N2O. The fourth-order valence-corrected chi connectivity index (χ4v) is 2.61. The molecule has 1 rings (SSSR count). The highest BCUT2D eigenvalue weighted by Crippen LogP contribution is 2.21. The van der Waals surface area contributed by atoms with Gasteiger partial charge in [-0.15, -0.1) is 0 Å². The van der Waals surface area contributed by atoms with E-state index in [4.69, 9.17) is 0 Å². The van der Waals surface area contributed by atoms with Crippen LogP contribution in [0, 0.1) is 11.3 Å². The van der Waals surface area contributed by atoms with E-state index in [0.717, 1.165) is 19.0 Å². The summed E-state index contributed by atoms with van der Waals surface area (Å²) in [5.74, 6) is 0.908. The van der Waals surface area contributed by atoms with E-state index in [1.54, 1.807) is 0 Å². The molecule has 3 nitrogen and oxygen atoms in total. The molecular weight excluding hydrogens is 212 g/mol. The average Bonchev–Trinajstić information content (AvgIpc) is 2.28. The number of hydrogen-bond acceptors (Lipinski definition) is 3. The molecule has 3 heteroatoms. The number of rotatable bonds is 6. The third-order valence-corrected chi connectivity index (χ3v) is 3.88. The van der Waals surface area contributed by atoms with Gasteiger partial charge in [0.1, 0.15) is 0 Å². The normalized spacial score (nSPS) is 20.1. The Bertz CT molecular complexity index is 210. The van der Waals surface area contributed by atoms with Gasteiger partial charge in [0.05, 0.1) is 0 Å². The maximum absolute atomic E-state index is 9.26. The lowest BCUT2D eigenvalue weighted by molar-refractivity contribution is 0.109. The Balaban J connectivity index is 2.17. The molecule has 0 amide bonds. The van der Waals surface area contributed by atoms with Crippen LogP contribution in [-0.2, 0) is 0 Å². The Morgan fingerprint density at radius 2 is 1.88 bits per heavy atom. The predicted octanol–water partition coefficient (Wildman–Crippen LogP) is 1.67. The highest BCUT2D eigenvalue weighted by atomic mass is 16.3. The number of aliphatic hydroxyl groups is 1. The highest BCUT2D eigenvalue weighted by molar-refractivity contribution is 4.74. The zero-order valence-electron chi connectivity index (χ0n) is 12.1. The van der Waals surface area contributed by atoms with Gasteiger partial charge >= 0.3 is 0 Å². The lowest BCUT2D eigenvalue weighted by Gasteiger charge is -2.32. The van der Waals surface area contributed by atoms with Gasteiger partial charge in [-0.2, -0.15) is 0 Å². The first-order valence-corrected chi connectivity index (χ1v) is 6.91. The molecule has 0 radical (unpaired) electrons. The summed E-state index contributed by atoms with van der Waals surface area (Å²) in [5, 5.41) is 9.26. The van der Waals surface area contributed by atoms with E-state index in [-0.39, 0.29) is 12.0 Å². The molecule has 0 unspecified atom stereocenters. The zero-order chi connectivity index (χ0) is 12.9. The molecule has 0 bridgehead atoms. The van der Waals surface area contributed by atoms with E-state index in [1.807, 2.05) is 0 Å². The van der Waals surface area contributed by atoms with Gasteiger partial charge in [-0.25, -0.2) is 0 Å². The van der Waals surface area contributed by atoms with Crippen molar-refractivity contribution in [2.45, 2.75) is 33.1 Å². The minimum atomic E-state index is 0.0293. The summed E-state index contributed by atoms with van der Waals surface area (Å²) in [4.78, 5) is 4.80. The second-order valence-electron chi connectivity index (χ2n) is 6.60. The van der Waals surface area contributed by atoms with Gasteiger partial charge in [-0.3, -0.25) is 0 Å². The number of hydrogen-bond donors (Lipinski definition) is 1. The minimum absolute atomic E-state index is 0.0293. The fraction of sp³-hybridized carbons (Fsp3) is 1.00. The first kappa shape index (κ1) is 14.9. The lowest BCUT2D eigenvalue weighted by atomic mass is 9.92. The molecule has 0 spiro atoms. The topological polar surface area (TPSA) is 26.7 Å². The van der Waals surface area contributed by atoms with Crippen molar-refractivity contribution in [2.75, 3.05) is 46.9 Å². The Morgan fingerprint density at radius 1 is 1.29 bits per heavy atom. The van der Waals surface area contributed by atoms with Gasteiger partial charge in [0, 0.05) is 18.6 Å². The summed E-state index contributed by atoms with van der Waals surface area (Å²) in [6.07, 6.45) is 4.02. The number of piperidine rings is 1. The third-order valence-electron chi connectivity index (χ3n) is 3.88. The predicted molar refractivity (Wildman–Crippen MR) is 73.2 cm³/mol. The van der Waals surface area contributed by atoms with Crippen molar-refractivity contribution < 1.29 is 5.11 Å². The van der Waals surface area contributed by atoms with Crippen LogP contribution in [0.25, 0.3) is 0 Å². The Hall–Kier alpha value is -0.120. The second-order valence-corrected chi connectivity index (χ2v) is 6.60. The molecule has 0 atom stereocenters. The molecule has 1 saturated heterocycles. The van der Waals surface area contributed by atoms with Crippen LogP contribution < -0.4 is 0 Å². The van der Waals surface area contributed by atoms with E-state index in [2.05, 4.69) is 37.7 Å². The summed E-state index contributed by atoms with van der Waals surface area (Å²) < 4.78 is 0. The van der Waals surface area contributed by atoms with Crippen molar-refractivity contribution in [3.63, 3.8) is 0 Å². The van der Waals surface area contributed by atoms with Gasteiger partial charge in [0.25, 0.3) is 0 Å². The third kappa shape index (κ3) is 5.84. The van der Waals surface area contributed by atoms with E-state index in [0.29, 0.717) is 0 Å². The lowest BCUT2D eigenvalue weighted by Crippen LogP contribution is -2.36. The van der Waals surface area contributed by atoms with Crippen LogP contribution in [0.2, 0.25) is 0 Å². The van der Waals surface area contributed by atoms with Crippen molar-refractivity contribution in [2.24, 2.45) is 11.3 Å². The monoisotopic (exact) mass is 242 g/mol. The SMILES string of the molecule is CN1CCC(CCN(C)CC(C)(C)CO)CC1. The molecule has 102 valence electrons. The van der Waals surface area contributed by atoms with E-state index >= 15 is 0 Å². The van der Waals surface area contributed by atoms with Crippen molar-refractivity contribution in [3.8, 4) is 0 Å². The van der Waals surface area contributed by atoms with Gasteiger partial charge in [0.2, 0.25) is 0 Å². The molecule has 17 heavy (non-hydrogen) atoms. The van der Waals surface area contributed by atoms with Crippen LogP contribution in [0.15, 0.2) is 0 Å². The molecule has 0 aromatic heterocycles. The van der Waals surface area contributed by atoms with Crippen molar-refractivity contribution >= 4 is 0 Å². The van der Waals surface area contributed by atoms with Crippen LogP contribution in [0.4, 0.5) is 0 Å². The Labute approximate surface area is 107 Å². The summed E-state index contributed by atoms with van der Waals surface area (Å²) in [6.45, 7) is 9.19. The van der Waals surface area contributed by atoms with Crippen LogP contribution in [0.1, 0.15) is 33.1 Å². The maximum Gasteiger partial charge on any atom is 0.0494 e. The number of likely N-dealkylation sites (tertiary alicyclic amines) is 1. The molecule has 1 heterocycles. The summed E-state index contributed by atoms with van der Waals surface area (Å²) >= 11 is 0. The highest BCUT2D eigenvalue weighted by Gasteiger charge is 2.20. The van der Waals surface area contributed by atoms with Crippen LogP contribution >= 0.6 is 0 Å². The van der Waals surface area contributed by atoms with Crippen molar-refractivity contribution in [1.29, 1.82) is 0 Å². The van der Waals surface area contributed by atoms with Crippen LogP contribution in [-0.4, -0.2) is 61.8 Å². The summed E-state index contributed by atoms with van der Waals surface area (Å²) in [5.41, 5.74) is 0.0293. The molecule has 0 aliphatic carbocycles. The Morgan fingerprint density at radius 3 is 2.41 bits per heavy atom. The fourth-order valence-electron chi connectivity index (χ4n) is 2.61. The standard InChI is InChI=1S/C14H30N2O/c1-14(2,12-17)11-16(4)10-7-13-5-8-15(3)9-6-13/h13,17H,5-12H2,1-4H3. The first-order chi connectivity index (χ1) is 7.93. The maximum atomic E-state index is 9.26. The molecule has 0 aromatic carbocycles. The molecule has 0 saturated carbocycles. The number of nitrogens with zero attached hydrogens (tertiary/aromatic N) is 2. The van der Waals surface area contributed by atoms with Gasteiger partial charge in [-0.05, 0) is 58.9 Å². The van der Waals surface area contributed by atoms with Crippen LogP contribution in [0.5, 0.6) is 0 Å². The van der Waals surface area contributed by atoms with Crippen molar-refractivity contribution in [1.82, 2.24) is 9.80 Å². The number of aliphatic hydroxyl groups excluding tert-OH is 1. The van der Waals surface area contributed by atoms with Gasteiger partial charge in [-0.1, -0.05) is 13.8 Å². The second kappa shape index (κ2) is 6.72. The van der Waals surface area contributed by atoms with Gasteiger partial charge in [0.15, 0.2) is 0 Å². The largest absolute Gasteiger partial charge is 0.396 e. The zero-order valence-corrected chi connectivity index (χ0v) is 12.1. The van der Waals surface area contributed by atoms with Gasteiger partial charge < -0.3 is 14.9 Å². The van der Waals surface area contributed by atoms with E-state index in [1.165, 1.54) is 32.4 Å². The van der Waals surface area contributed by atoms with E-state index in [9.17, 15) is 5.11 Å². The average molecular weight is 242 g/mol. The minimum Gasteiger partial charge on any atom is -0.396 e. The quantitative estimate of drug-likeness (QED) is 0.767.